The molecule has 0 aliphatic heterocycles. The normalized spacial score (nSPS) is 11.1. The van der Waals surface area contributed by atoms with Crippen LogP contribution in [-0.2, 0) is 25.6 Å². The van der Waals surface area contributed by atoms with Gasteiger partial charge in [-0.25, -0.2) is 9.59 Å². The SMILES string of the molecule is COCCn1c(C)cc(/C=C(\C#N)C(=O)OCC(=O)NC(=O)NCC(C)C)c1C. The van der Waals surface area contributed by atoms with E-state index in [-0.39, 0.29) is 11.5 Å². The standard InChI is InChI=1S/C20H28N4O5/c1-13(2)11-22-20(27)23-18(25)12-29-19(26)17(10-21)9-16-8-14(3)24(15(16)4)6-7-28-5/h8-9,13H,6-7,11-12H2,1-5H3,(H2,22,23,25,27)/b17-9+. The molecule has 0 saturated heterocycles. The van der Waals surface area contributed by atoms with E-state index in [4.69, 9.17) is 9.47 Å². The summed E-state index contributed by atoms with van der Waals surface area (Å²) in [7, 11) is 1.61. The fraction of sp³-hybridized carbons (Fsp3) is 0.500. The molecular formula is C20H28N4O5. The van der Waals surface area contributed by atoms with Crippen molar-refractivity contribution in [3.8, 4) is 6.07 Å². The maximum Gasteiger partial charge on any atom is 0.349 e. The van der Waals surface area contributed by atoms with Gasteiger partial charge in [0, 0.05) is 31.6 Å². The number of aromatic nitrogens is 1. The zero-order chi connectivity index (χ0) is 22.0. The number of ether oxygens (including phenoxy) is 2. The summed E-state index contributed by atoms with van der Waals surface area (Å²) < 4.78 is 11.9. The van der Waals surface area contributed by atoms with Crippen LogP contribution in [0.15, 0.2) is 11.6 Å². The second-order valence-electron chi connectivity index (χ2n) is 6.87. The molecule has 1 aromatic rings. The lowest BCUT2D eigenvalue weighted by Crippen LogP contribution is -2.42. The number of nitrogens with one attached hydrogen (secondary N) is 2. The van der Waals surface area contributed by atoms with E-state index in [2.05, 4.69) is 10.6 Å². The third-order valence-corrected chi connectivity index (χ3v) is 4.03. The Balaban J connectivity index is 2.72. The molecule has 0 radical (unpaired) electrons. The Morgan fingerprint density at radius 3 is 2.59 bits per heavy atom. The van der Waals surface area contributed by atoms with E-state index in [9.17, 15) is 19.6 Å². The van der Waals surface area contributed by atoms with Crippen LogP contribution in [-0.4, -0.2) is 49.3 Å². The number of esters is 1. The summed E-state index contributed by atoms with van der Waals surface area (Å²) in [4.78, 5) is 35.4. The number of nitrogens with zero attached hydrogens (tertiary/aromatic N) is 2. The summed E-state index contributed by atoms with van der Waals surface area (Å²) in [6.07, 6.45) is 1.42. The molecule has 0 unspecified atom stereocenters. The van der Waals surface area contributed by atoms with E-state index in [0.717, 1.165) is 11.4 Å². The molecule has 158 valence electrons. The van der Waals surface area contributed by atoms with Gasteiger partial charge in [0.15, 0.2) is 6.61 Å². The molecule has 1 heterocycles. The molecule has 1 aromatic heterocycles. The molecule has 3 amide bonds. The average molecular weight is 404 g/mol. The van der Waals surface area contributed by atoms with Crippen molar-refractivity contribution in [2.75, 3.05) is 26.9 Å². The van der Waals surface area contributed by atoms with Gasteiger partial charge in [-0.1, -0.05) is 13.8 Å². The van der Waals surface area contributed by atoms with Crippen LogP contribution >= 0.6 is 0 Å². The Hall–Kier alpha value is -3.12. The van der Waals surface area contributed by atoms with E-state index >= 15 is 0 Å². The first-order valence-electron chi connectivity index (χ1n) is 9.21. The lowest BCUT2D eigenvalue weighted by molar-refractivity contribution is -0.144. The highest BCUT2D eigenvalue weighted by atomic mass is 16.5. The van der Waals surface area contributed by atoms with Gasteiger partial charge in [-0.05, 0) is 37.5 Å². The molecule has 0 saturated carbocycles. The van der Waals surface area contributed by atoms with E-state index < -0.39 is 24.5 Å². The predicted octanol–water partition coefficient (Wildman–Crippen LogP) is 1.68. The summed E-state index contributed by atoms with van der Waals surface area (Å²) in [6.45, 7) is 8.53. The molecule has 0 aliphatic rings. The number of imide groups is 1. The first kappa shape index (κ1) is 23.9. The molecule has 0 aromatic carbocycles. The number of carbonyl (C=O) groups excluding carboxylic acids is 3. The summed E-state index contributed by atoms with van der Waals surface area (Å²) in [5.41, 5.74) is 2.29. The fourth-order valence-electron chi connectivity index (χ4n) is 2.51. The lowest BCUT2D eigenvalue weighted by atomic mass is 10.1. The molecule has 1 rings (SSSR count). The van der Waals surface area contributed by atoms with Crippen molar-refractivity contribution in [1.82, 2.24) is 15.2 Å². The van der Waals surface area contributed by atoms with Crippen LogP contribution in [0.2, 0.25) is 0 Å². The van der Waals surface area contributed by atoms with Gasteiger partial charge in [0.05, 0.1) is 6.61 Å². The second kappa shape index (κ2) is 11.7. The largest absolute Gasteiger partial charge is 0.451 e. The Kier molecular flexibility index (Phi) is 9.62. The van der Waals surface area contributed by atoms with Gasteiger partial charge in [-0.15, -0.1) is 0 Å². The maximum atomic E-state index is 12.1. The molecule has 9 nitrogen and oxygen atoms in total. The van der Waals surface area contributed by atoms with Gasteiger partial charge in [-0.3, -0.25) is 10.1 Å². The van der Waals surface area contributed by atoms with Gasteiger partial charge in [0.25, 0.3) is 5.91 Å². The number of aryl methyl sites for hydroxylation is 1. The van der Waals surface area contributed by atoms with Crippen molar-refractivity contribution >= 4 is 24.0 Å². The highest BCUT2D eigenvalue weighted by Gasteiger charge is 2.16. The summed E-state index contributed by atoms with van der Waals surface area (Å²) >= 11 is 0. The van der Waals surface area contributed by atoms with Crippen molar-refractivity contribution in [1.29, 1.82) is 5.26 Å². The number of urea groups is 1. The number of hydrogen-bond donors (Lipinski definition) is 2. The Bertz CT molecular complexity index is 818. The third-order valence-electron chi connectivity index (χ3n) is 4.03. The molecule has 0 bridgehead atoms. The number of carbonyl (C=O) groups is 3. The van der Waals surface area contributed by atoms with Crippen LogP contribution in [0.1, 0.15) is 30.8 Å². The van der Waals surface area contributed by atoms with Crippen LogP contribution in [0.5, 0.6) is 0 Å². The molecule has 9 heteroatoms. The summed E-state index contributed by atoms with van der Waals surface area (Å²) in [6, 6.07) is 2.97. The Morgan fingerprint density at radius 2 is 2.00 bits per heavy atom. The van der Waals surface area contributed by atoms with Gasteiger partial charge in [-0.2, -0.15) is 5.26 Å². The minimum atomic E-state index is -0.938. The van der Waals surface area contributed by atoms with Gasteiger partial charge >= 0.3 is 12.0 Å². The van der Waals surface area contributed by atoms with E-state index in [1.165, 1.54) is 6.08 Å². The molecule has 29 heavy (non-hydrogen) atoms. The van der Waals surface area contributed by atoms with Gasteiger partial charge < -0.3 is 19.4 Å². The highest BCUT2D eigenvalue weighted by Crippen LogP contribution is 2.18. The number of rotatable bonds is 9. The Labute approximate surface area is 170 Å². The second-order valence-corrected chi connectivity index (χ2v) is 6.87. The summed E-state index contributed by atoms with van der Waals surface area (Å²) in [5.74, 6) is -1.49. The van der Waals surface area contributed by atoms with Crippen LogP contribution in [0, 0.1) is 31.1 Å². The lowest BCUT2D eigenvalue weighted by Gasteiger charge is -2.09. The fourth-order valence-corrected chi connectivity index (χ4v) is 2.51. The zero-order valence-corrected chi connectivity index (χ0v) is 17.5. The van der Waals surface area contributed by atoms with Gasteiger partial charge in [0.2, 0.25) is 0 Å². The van der Waals surface area contributed by atoms with Crippen molar-refractivity contribution in [2.45, 2.75) is 34.2 Å². The highest BCUT2D eigenvalue weighted by molar-refractivity contribution is 6.00. The number of hydrogen-bond acceptors (Lipinski definition) is 6. The van der Waals surface area contributed by atoms with Gasteiger partial charge in [0.1, 0.15) is 11.6 Å². The first-order valence-corrected chi connectivity index (χ1v) is 9.21. The molecular weight excluding hydrogens is 376 g/mol. The number of nitriles is 1. The maximum absolute atomic E-state index is 12.1. The Morgan fingerprint density at radius 1 is 1.31 bits per heavy atom. The minimum absolute atomic E-state index is 0.230. The van der Waals surface area contributed by atoms with Crippen molar-refractivity contribution < 1.29 is 23.9 Å². The van der Waals surface area contributed by atoms with Crippen molar-refractivity contribution in [3.05, 3.63) is 28.6 Å². The molecule has 2 N–H and O–H groups in total. The van der Waals surface area contributed by atoms with Crippen molar-refractivity contribution in [2.24, 2.45) is 5.92 Å². The van der Waals surface area contributed by atoms with Crippen LogP contribution in [0.25, 0.3) is 6.08 Å². The number of amides is 3. The molecule has 0 atom stereocenters. The molecule has 0 aliphatic carbocycles. The average Bonchev–Trinajstić information content (AvgIpc) is 2.93. The van der Waals surface area contributed by atoms with E-state index in [1.807, 2.05) is 38.3 Å². The van der Waals surface area contributed by atoms with Crippen LogP contribution in [0.3, 0.4) is 0 Å². The quantitative estimate of drug-likeness (QED) is 0.367. The first-order chi connectivity index (χ1) is 13.7. The topological polar surface area (TPSA) is 122 Å². The minimum Gasteiger partial charge on any atom is -0.451 e. The number of methoxy groups -OCH3 is 1. The third kappa shape index (κ3) is 7.79. The smallest absolute Gasteiger partial charge is 0.349 e. The van der Waals surface area contributed by atoms with Crippen LogP contribution in [0.4, 0.5) is 4.79 Å². The predicted molar refractivity (Wildman–Crippen MR) is 107 cm³/mol. The summed E-state index contributed by atoms with van der Waals surface area (Å²) in [5, 5.41) is 13.9. The van der Waals surface area contributed by atoms with E-state index in [1.54, 1.807) is 13.2 Å². The molecule has 0 fully saturated rings. The monoisotopic (exact) mass is 404 g/mol. The molecule has 0 spiro atoms. The van der Waals surface area contributed by atoms with E-state index in [0.29, 0.717) is 25.3 Å². The van der Waals surface area contributed by atoms with Crippen molar-refractivity contribution in [3.63, 3.8) is 0 Å². The van der Waals surface area contributed by atoms with Crippen LogP contribution < -0.4 is 10.6 Å². The zero-order valence-electron chi connectivity index (χ0n) is 17.5.